The zero-order valence-electron chi connectivity index (χ0n) is 13.3. The van der Waals surface area contributed by atoms with E-state index in [-0.39, 0.29) is 29.9 Å². The quantitative estimate of drug-likeness (QED) is 0.537. The molecule has 0 saturated carbocycles. The van der Waals surface area contributed by atoms with Crippen molar-refractivity contribution in [2.24, 2.45) is 0 Å². The van der Waals surface area contributed by atoms with Crippen LogP contribution in [0.3, 0.4) is 0 Å². The highest BCUT2D eigenvalue weighted by Crippen LogP contribution is 2.30. The fourth-order valence-electron chi connectivity index (χ4n) is 2.28. The van der Waals surface area contributed by atoms with E-state index < -0.39 is 17.5 Å². The third kappa shape index (κ3) is 3.38. The van der Waals surface area contributed by atoms with Gasteiger partial charge in [-0.15, -0.1) is 5.10 Å². The summed E-state index contributed by atoms with van der Waals surface area (Å²) in [5, 5.41) is 7.66. The van der Waals surface area contributed by atoms with E-state index in [2.05, 4.69) is 15.2 Å². The Hall–Kier alpha value is -3.63. The minimum Gasteiger partial charge on any atom is -0.459 e. The Labute approximate surface area is 147 Å². The zero-order valence-corrected chi connectivity index (χ0v) is 13.3. The normalized spacial score (nSPS) is 11.8. The van der Waals surface area contributed by atoms with Crippen LogP contribution in [0, 0.1) is 0 Å². The second-order valence-corrected chi connectivity index (χ2v) is 5.39. The number of nitrogens with zero attached hydrogens (tertiary/aromatic N) is 4. The predicted octanol–water partition coefficient (Wildman–Crippen LogP) is 3.21. The molecule has 4 rings (SSSR count). The molecule has 4 aromatic rings. The van der Waals surface area contributed by atoms with E-state index >= 15 is 0 Å². The first-order valence-electron chi connectivity index (χ1n) is 7.52. The van der Waals surface area contributed by atoms with Gasteiger partial charge < -0.3 is 13.4 Å². The maximum absolute atomic E-state index is 12.6. The van der Waals surface area contributed by atoms with Gasteiger partial charge >= 0.3 is 11.9 Å². The molecule has 0 fully saturated rings. The molecule has 0 spiro atoms. The van der Waals surface area contributed by atoms with Gasteiger partial charge in [0, 0.05) is 5.56 Å². The van der Waals surface area contributed by atoms with Crippen molar-refractivity contribution in [1.82, 2.24) is 19.9 Å². The Balaban J connectivity index is 1.54. The van der Waals surface area contributed by atoms with Gasteiger partial charge in [-0.3, -0.25) is 0 Å². The van der Waals surface area contributed by atoms with Crippen LogP contribution in [0.2, 0.25) is 0 Å². The van der Waals surface area contributed by atoms with Gasteiger partial charge in [0.15, 0.2) is 5.76 Å². The molecular formula is C16H9F3N4O4. The van der Waals surface area contributed by atoms with Gasteiger partial charge in [0.1, 0.15) is 6.54 Å². The molecule has 0 aliphatic rings. The Morgan fingerprint density at radius 2 is 1.89 bits per heavy atom. The third-order valence-electron chi connectivity index (χ3n) is 3.56. The largest absolute Gasteiger partial charge is 0.459 e. The van der Waals surface area contributed by atoms with Gasteiger partial charge in [0.2, 0.25) is 11.7 Å². The van der Waals surface area contributed by atoms with Crippen molar-refractivity contribution in [3.8, 4) is 23.0 Å². The lowest BCUT2D eigenvalue weighted by Crippen LogP contribution is -2.16. The molecule has 27 heavy (non-hydrogen) atoms. The average molecular weight is 378 g/mol. The first-order valence-corrected chi connectivity index (χ1v) is 7.52. The summed E-state index contributed by atoms with van der Waals surface area (Å²) in [5.74, 6) is -0.363. The molecular weight excluding hydrogens is 369 g/mol. The Kier molecular flexibility index (Phi) is 3.90. The Bertz CT molecular complexity index is 1110. The smallest absolute Gasteiger partial charge is 0.437 e. The van der Waals surface area contributed by atoms with E-state index in [1.807, 2.05) is 0 Å². The molecule has 0 aliphatic carbocycles. The lowest BCUT2D eigenvalue weighted by molar-refractivity contribution is -0.137. The van der Waals surface area contributed by atoms with Gasteiger partial charge in [-0.1, -0.05) is 17.3 Å². The molecule has 0 atom stereocenters. The molecule has 3 aromatic heterocycles. The summed E-state index contributed by atoms with van der Waals surface area (Å²) in [7, 11) is 0. The summed E-state index contributed by atoms with van der Waals surface area (Å²) in [4.78, 5) is 15.9. The fraction of sp³-hybridized carbons (Fsp3) is 0.125. The standard InChI is InChI=1S/C16H9F3N4O4/c17-16(18,19)10-5-3-9(4-6-10)13-20-12(27-22-13)8-23-15(24)26-14(21-23)11-2-1-7-25-11/h1-7H,8H2. The number of benzene rings is 1. The molecule has 138 valence electrons. The number of rotatable bonds is 4. The van der Waals surface area contributed by atoms with Crippen LogP contribution >= 0.6 is 0 Å². The second-order valence-electron chi connectivity index (χ2n) is 5.39. The molecule has 0 saturated heterocycles. The van der Waals surface area contributed by atoms with Crippen LogP contribution in [0.4, 0.5) is 13.2 Å². The SMILES string of the molecule is O=c1oc(-c2ccco2)nn1Cc1nc(-c2ccc(C(F)(F)F)cc2)no1. The number of hydrogen-bond acceptors (Lipinski definition) is 7. The van der Waals surface area contributed by atoms with Crippen molar-refractivity contribution in [3.63, 3.8) is 0 Å². The maximum Gasteiger partial charge on any atom is 0.437 e. The van der Waals surface area contributed by atoms with Crippen LogP contribution in [-0.4, -0.2) is 19.9 Å². The summed E-state index contributed by atoms with van der Waals surface area (Å²) >= 11 is 0. The molecule has 1 aromatic carbocycles. The molecule has 3 heterocycles. The lowest BCUT2D eigenvalue weighted by Gasteiger charge is -2.05. The van der Waals surface area contributed by atoms with Crippen LogP contribution in [0.5, 0.6) is 0 Å². The summed E-state index contributed by atoms with van der Waals surface area (Å²) in [6.45, 7) is -0.170. The van der Waals surface area contributed by atoms with Crippen LogP contribution in [-0.2, 0) is 12.7 Å². The topological polar surface area (TPSA) is 100 Å². The minimum atomic E-state index is -4.43. The summed E-state index contributed by atoms with van der Waals surface area (Å²) in [6.07, 6.45) is -3.02. The van der Waals surface area contributed by atoms with E-state index in [0.29, 0.717) is 5.56 Å². The van der Waals surface area contributed by atoms with E-state index in [0.717, 1.165) is 16.8 Å². The molecule has 0 bridgehead atoms. The highest BCUT2D eigenvalue weighted by atomic mass is 19.4. The molecule has 0 amide bonds. The summed E-state index contributed by atoms with van der Waals surface area (Å²) in [6, 6.07) is 7.49. The van der Waals surface area contributed by atoms with E-state index in [1.165, 1.54) is 18.4 Å². The van der Waals surface area contributed by atoms with Gasteiger partial charge in [-0.2, -0.15) is 22.8 Å². The number of furan rings is 1. The highest BCUT2D eigenvalue weighted by molar-refractivity contribution is 5.54. The van der Waals surface area contributed by atoms with Crippen LogP contribution in [0.15, 0.2) is 60.8 Å². The molecule has 8 nitrogen and oxygen atoms in total. The molecule has 0 unspecified atom stereocenters. The third-order valence-corrected chi connectivity index (χ3v) is 3.56. The summed E-state index contributed by atoms with van der Waals surface area (Å²) in [5.41, 5.74) is -0.448. The monoisotopic (exact) mass is 378 g/mol. The highest BCUT2D eigenvalue weighted by Gasteiger charge is 2.30. The first kappa shape index (κ1) is 16.8. The molecule has 11 heteroatoms. The second kappa shape index (κ2) is 6.27. The van der Waals surface area contributed by atoms with Crippen molar-refractivity contribution in [2.75, 3.05) is 0 Å². The fourth-order valence-corrected chi connectivity index (χ4v) is 2.28. The number of hydrogen-bond donors (Lipinski definition) is 0. The van der Waals surface area contributed by atoms with Gasteiger partial charge in [-0.05, 0) is 24.3 Å². The van der Waals surface area contributed by atoms with Crippen LogP contribution in [0.1, 0.15) is 11.5 Å². The molecule has 0 aliphatic heterocycles. The van der Waals surface area contributed by atoms with Gasteiger partial charge in [0.05, 0.1) is 11.8 Å². The minimum absolute atomic E-state index is 0.00696. The summed E-state index contributed by atoms with van der Waals surface area (Å²) < 4.78 is 53.9. The molecule has 0 N–H and O–H groups in total. The Morgan fingerprint density at radius 1 is 1.11 bits per heavy atom. The zero-order chi connectivity index (χ0) is 19.0. The van der Waals surface area contributed by atoms with Crippen LogP contribution < -0.4 is 5.76 Å². The number of halogens is 3. The number of aromatic nitrogens is 4. The van der Waals surface area contributed by atoms with Crippen LogP contribution in [0.25, 0.3) is 23.0 Å². The Morgan fingerprint density at radius 3 is 2.56 bits per heavy atom. The maximum atomic E-state index is 12.6. The van der Waals surface area contributed by atoms with Gasteiger partial charge in [0.25, 0.3) is 5.89 Å². The van der Waals surface area contributed by atoms with E-state index in [1.54, 1.807) is 12.1 Å². The molecule has 0 radical (unpaired) electrons. The van der Waals surface area contributed by atoms with E-state index in [9.17, 15) is 18.0 Å². The van der Waals surface area contributed by atoms with Crippen molar-refractivity contribution >= 4 is 0 Å². The van der Waals surface area contributed by atoms with Crippen molar-refractivity contribution in [3.05, 3.63) is 64.7 Å². The average Bonchev–Trinajstić information content (AvgIpc) is 3.37. The predicted molar refractivity (Wildman–Crippen MR) is 82.3 cm³/mol. The van der Waals surface area contributed by atoms with Crippen molar-refractivity contribution in [2.45, 2.75) is 12.7 Å². The lowest BCUT2D eigenvalue weighted by atomic mass is 10.1. The van der Waals surface area contributed by atoms with Crippen molar-refractivity contribution in [1.29, 1.82) is 0 Å². The number of alkyl halides is 3. The first-order chi connectivity index (χ1) is 12.9. The van der Waals surface area contributed by atoms with Gasteiger partial charge in [-0.25, -0.2) is 4.79 Å². The van der Waals surface area contributed by atoms with E-state index in [4.69, 9.17) is 13.4 Å². The van der Waals surface area contributed by atoms with Crippen molar-refractivity contribution < 1.29 is 26.5 Å².